The first-order valence-corrected chi connectivity index (χ1v) is 20.0. The number of hydrogen-bond donors (Lipinski definition) is 3. The van der Waals surface area contributed by atoms with Crippen LogP contribution < -0.4 is 15.4 Å². The van der Waals surface area contributed by atoms with E-state index in [9.17, 15) is 32.4 Å². The lowest BCUT2D eigenvalue weighted by Gasteiger charge is -2.30. The number of nitrogens with zero attached hydrogens (tertiary/aromatic N) is 3. The monoisotopic (exact) mass is 774 g/mol. The summed E-state index contributed by atoms with van der Waals surface area (Å²) in [6.45, 7) is 5.62. The standard InChI is InChI=1S/C39H46N6O9S/c1-38(2,3)54-36(49)41-31-14-8-6-4-5-7-13-28-20-39(28,35(48)43-55(51,52)30-17-15-25(21-40)16-18-30)42-33(46)32-19-29(24-45(32)34(31)47)53-37(50)44-22-26-11-9-10-12-27(26)23-44/h7,9-13,15-18,28-29,31-32H,4-6,8,14,19-20,22-24H2,1-3H3,(H,41,49)(H,42,46)(H,43,48)/t28-,29+,31-,32-,39+/m0/s1. The molecule has 292 valence electrons. The van der Waals surface area contributed by atoms with Crippen molar-refractivity contribution in [2.45, 2.75) is 113 Å². The highest BCUT2D eigenvalue weighted by Gasteiger charge is 2.61. The maximum absolute atomic E-state index is 14.4. The lowest BCUT2D eigenvalue weighted by atomic mass is 10.0. The van der Waals surface area contributed by atoms with Crippen LogP contribution in [-0.2, 0) is 47.0 Å². The minimum atomic E-state index is -4.40. The van der Waals surface area contributed by atoms with Crippen molar-refractivity contribution in [2.24, 2.45) is 5.92 Å². The predicted octanol–water partition coefficient (Wildman–Crippen LogP) is 3.77. The van der Waals surface area contributed by atoms with Gasteiger partial charge in [-0.25, -0.2) is 22.7 Å². The van der Waals surface area contributed by atoms with Crippen molar-refractivity contribution in [1.82, 2.24) is 25.2 Å². The Morgan fingerprint density at radius 3 is 2.35 bits per heavy atom. The summed E-state index contributed by atoms with van der Waals surface area (Å²) < 4.78 is 40.0. The van der Waals surface area contributed by atoms with Crippen molar-refractivity contribution >= 4 is 39.9 Å². The van der Waals surface area contributed by atoms with E-state index in [2.05, 4.69) is 15.4 Å². The quantitative estimate of drug-likeness (QED) is 0.375. The normalized spacial score (nSPS) is 25.5. The number of hydrogen-bond acceptors (Lipinski definition) is 10. The summed E-state index contributed by atoms with van der Waals surface area (Å²) in [7, 11) is -4.40. The Balaban J connectivity index is 1.26. The second-order valence-corrected chi connectivity index (χ2v) is 17.2. The molecule has 2 aromatic rings. The molecule has 1 saturated heterocycles. The fraction of sp³-hybridized carbons (Fsp3) is 0.487. The molecule has 2 aromatic carbocycles. The van der Waals surface area contributed by atoms with Gasteiger partial charge in [0.2, 0.25) is 11.8 Å². The van der Waals surface area contributed by atoms with E-state index < -0.39 is 75.2 Å². The van der Waals surface area contributed by atoms with Gasteiger partial charge in [-0.3, -0.25) is 19.3 Å². The van der Waals surface area contributed by atoms with E-state index in [1.807, 2.05) is 36.4 Å². The second-order valence-electron chi connectivity index (χ2n) is 15.5. The van der Waals surface area contributed by atoms with Crippen LogP contribution in [0.5, 0.6) is 0 Å². The molecule has 15 nitrogen and oxygen atoms in total. The maximum atomic E-state index is 14.4. The van der Waals surface area contributed by atoms with Gasteiger partial charge in [-0.05, 0) is 81.8 Å². The number of alkyl carbamates (subject to hydrolysis) is 1. The summed E-state index contributed by atoms with van der Waals surface area (Å²) in [5.74, 6) is -2.83. The Hall–Kier alpha value is -5.43. The minimum Gasteiger partial charge on any atom is -0.444 e. The van der Waals surface area contributed by atoms with Crippen LogP contribution in [0, 0.1) is 17.2 Å². The van der Waals surface area contributed by atoms with Crippen LogP contribution in [0.3, 0.4) is 0 Å². The second kappa shape index (κ2) is 15.7. The molecule has 1 saturated carbocycles. The molecule has 0 spiro atoms. The Morgan fingerprint density at radius 1 is 1.00 bits per heavy atom. The van der Waals surface area contributed by atoms with Crippen LogP contribution in [-0.4, -0.2) is 84.0 Å². The van der Waals surface area contributed by atoms with E-state index in [1.54, 1.807) is 26.8 Å². The summed E-state index contributed by atoms with van der Waals surface area (Å²) in [5, 5.41) is 14.6. The highest BCUT2D eigenvalue weighted by molar-refractivity contribution is 7.90. The van der Waals surface area contributed by atoms with E-state index in [-0.39, 0.29) is 36.3 Å². The number of carbonyl (C=O) groups is 5. The average molecular weight is 775 g/mol. The average Bonchev–Trinajstić information content (AvgIpc) is 3.42. The molecule has 3 heterocycles. The largest absolute Gasteiger partial charge is 0.444 e. The van der Waals surface area contributed by atoms with Gasteiger partial charge in [0.25, 0.3) is 15.9 Å². The van der Waals surface area contributed by atoms with E-state index >= 15 is 0 Å². The Labute approximate surface area is 320 Å². The van der Waals surface area contributed by atoms with E-state index in [1.165, 1.54) is 34.1 Å². The molecular weight excluding hydrogens is 729 g/mol. The van der Waals surface area contributed by atoms with Crippen molar-refractivity contribution < 1.29 is 41.9 Å². The number of ether oxygens (including phenoxy) is 2. The molecule has 0 unspecified atom stereocenters. The van der Waals surface area contributed by atoms with Crippen molar-refractivity contribution in [3.63, 3.8) is 0 Å². The van der Waals surface area contributed by atoms with E-state index in [4.69, 9.17) is 14.7 Å². The summed E-state index contributed by atoms with van der Waals surface area (Å²) >= 11 is 0. The number of rotatable bonds is 5. The van der Waals surface area contributed by atoms with E-state index in [0.29, 0.717) is 32.4 Å². The summed E-state index contributed by atoms with van der Waals surface area (Å²) in [5.41, 5.74) is -0.289. The number of allylic oxidation sites excluding steroid dienone is 1. The van der Waals surface area contributed by atoms with Crippen molar-refractivity contribution in [3.05, 3.63) is 77.4 Å². The molecule has 5 atom stereocenters. The zero-order valence-electron chi connectivity index (χ0n) is 31.1. The van der Waals surface area contributed by atoms with Gasteiger partial charge in [0.1, 0.15) is 29.3 Å². The zero-order chi connectivity index (χ0) is 39.5. The molecule has 55 heavy (non-hydrogen) atoms. The molecular formula is C39H46N6O9S. The smallest absolute Gasteiger partial charge is 0.410 e. The molecule has 6 rings (SSSR count). The zero-order valence-corrected chi connectivity index (χ0v) is 31.9. The molecule has 4 aliphatic rings. The minimum absolute atomic E-state index is 0.0986. The van der Waals surface area contributed by atoms with Crippen LogP contribution in [0.1, 0.15) is 82.4 Å². The lowest BCUT2D eigenvalue weighted by molar-refractivity contribution is -0.141. The van der Waals surface area contributed by atoms with E-state index in [0.717, 1.165) is 17.5 Å². The molecule has 2 fully saturated rings. The highest BCUT2D eigenvalue weighted by atomic mass is 32.2. The number of benzene rings is 2. The highest BCUT2D eigenvalue weighted by Crippen LogP contribution is 2.46. The Morgan fingerprint density at radius 2 is 1.69 bits per heavy atom. The first kappa shape index (κ1) is 39.3. The topological polar surface area (TPSA) is 204 Å². The number of nitriles is 1. The van der Waals surface area contributed by atoms with Gasteiger partial charge in [0, 0.05) is 25.4 Å². The maximum Gasteiger partial charge on any atom is 0.410 e. The Bertz CT molecular complexity index is 2000. The van der Waals surface area contributed by atoms with Gasteiger partial charge in [-0.1, -0.05) is 49.3 Å². The molecule has 0 aromatic heterocycles. The third kappa shape index (κ3) is 9.10. The fourth-order valence-electron chi connectivity index (χ4n) is 7.28. The molecule has 16 heteroatoms. The lowest BCUT2D eigenvalue weighted by Crippen LogP contribution is -2.58. The summed E-state index contributed by atoms with van der Waals surface area (Å²) in [4.78, 5) is 71.5. The fourth-order valence-corrected chi connectivity index (χ4v) is 8.31. The van der Waals surface area contributed by atoms with Gasteiger partial charge in [-0.15, -0.1) is 0 Å². The number of nitrogens with one attached hydrogen (secondary N) is 3. The van der Waals surface area contributed by atoms with Crippen molar-refractivity contribution in [2.75, 3.05) is 6.54 Å². The van der Waals surface area contributed by atoms with Gasteiger partial charge in [-0.2, -0.15) is 5.26 Å². The van der Waals surface area contributed by atoms with Crippen molar-refractivity contribution in [3.8, 4) is 6.07 Å². The Kier molecular flexibility index (Phi) is 11.2. The SMILES string of the molecule is CC(C)(C)OC(=O)N[C@H]1CCCCCC=C[C@H]2C[C@@]2(C(=O)NS(=O)(=O)c2ccc(C#N)cc2)NC(=O)[C@@H]2C[C@@H](OC(=O)N3Cc4ccccc4C3)CN2C1=O. The first-order chi connectivity index (χ1) is 26.1. The van der Waals surface area contributed by atoms with Crippen LogP contribution >= 0.6 is 0 Å². The van der Waals surface area contributed by atoms with Gasteiger partial charge in [0.15, 0.2) is 0 Å². The third-order valence-electron chi connectivity index (χ3n) is 10.2. The van der Waals surface area contributed by atoms with Gasteiger partial charge in [0.05, 0.1) is 23.1 Å². The number of carbonyl (C=O) groups excluding carboxylic acids is 5. The third-order valence-corrected chi connectivity index (χ3v) is 11.6. The molecule has 1 aliphatic carbocycles. The molecule has 3 aliphatic heterocycles. The number of fused-ring (bicyclic) bond motifs is 3. The first-order valence-electron chi connectivity index (χ1n) is 18.5. The van der Waals surface area contributed by atoms with Crippen LogP contribution in [0.4, 0.5) is 9.59 Å². The number of sulfonamides is 1. The van der Waals surface area contributed by atoms with Gasteiger partial charge >= 0.3 is 12.2 Å². The molecule has 0 radical (unpaired) electrons. The van der Waals surface area contributed by atoms with Gasteiger partial charge < -0.3 is 25.0 Å². The summed E-state index contributed by atoms with van der Waals surface area (Å²) in [6.07, 6.45) is 4.25. The van der Waals surface area contributed by atoms with Crippen molar-refractivity contribution in [1.29, 1.82) is 5.26 Å². The molecule has 0 bridgehead atoms. The van der Waals surface area contributed by atoms with Crippen LogP contribution in [0.15, 0.2) is 65.6 Å². The predicted molar refractivity (Wildman–Crippen MR) is 197 cm³/mol. The number of amides is 5. The molecule has 5 amide bonds. The van der Waals surface area contributed by atoms with Crippen LogP contribution in [0.25, 0.3) is 0 Å². The summed E-state index contributed by atoms with van der Waals surface area (Å²) in [6, 6.07) is 12.3. The van der Waals surface area contributed by atoms with Crippen LogP contribution in [0.2, 0.25) is 0 Å². The molecule has 3 N–H and O–H groups in total.